The first-order chi connectivity index (χ1) is 6.03. The maximum Gasteiger partial charge on any atom is 0.0377 e. The zero-order valence-electron chi connectivity index (χ0n) is 10.2. The summed E-state index contributed by atoms with van der Waals surface area (Å²) in [4.78, 5) is 0. The zero-order chi connectivity index (χ0) is 11.4. The molecule has 0 aliphatic carbocycles. The van der Waals surface area contributed by atoms with E-state index in [1.807, 2.05) is 4.42 Å². The van der Waals surface area contributed by atoms with E-state index in [-0.39, 0.29) is 22.5 Å². The zero-order valence-corrected chi connectivity index (χ0v) is 10.9. The highest BCUT2D eigenvalue weighted by Gasteiger charge is 2.54. The lowest BCUT2D eigenvalue weighted by molar-refractivity contribution is -0.0561. The Bertz CT molecular complexity index is 233. The number of nitrogens with zero attached hydrogens (tertiary/aromatic N) is 1. The summed E-state index contributed by atoms with van der Waals surface area (Å²) in [5.41, 5.74) is 6.16. The van der Waals surface area contributed by atoms with E-state index in [0.717, 1.165) is 6.42 Å². The van der Waals surface area contributed by atoms with E-state index in [4.69, 9.17) is 17.5 Å². The van der Waals surface area contributed by atoms with Gasteiger partial charge in [0.15, 0.2) is 0 Å². The van der Waals surface area contributed by atoms with E-state index >= 15 is 0 Å². The van der Waals surface area contributed by atoms with Gasteiger partial charge in [-0.05, 0) is 51.3 Å². The smallest absolute Gasteiger partial charge is 0.0377 e. The molecular weight excluding hydrogens is 196 g/mol. The van der Waals surface area contributed by atoms with Gasteiger partial charge in [0.05, 0.1) is 0 Å². The van der Waals surface area contributed by atoms with Gasteiger partial charge in [0.25, 0.3) is 0 Å². The van der Waals surface area contributed by atoms with Gasteiger partial charge >= 0.3 is 0 Å². The first-order valence-corrected chi connectivity index (χ1v) is 5.59. The number of hydrogen-bond acceptors (Lipinski definition) is 2. The molecule has 0 saturated carbocycles. The van der Waals surface area contributed by atoms with Gasteiger partial charge in [-0.2, -0.15) is 0 Å². The van der Waals surface area contributed by atoms with Gasteiger partial charge in [-0.15, -0.1) is 0 Å². The van der Waals surface area contributed by atoms with Crippen LogP contribution in [-0.2, 0) is 0 Å². The maximum absolute atomic E-state index is 6.43. The van der Waals surface area contributed by atoms with Crippen molar-refractivity contribution in [3.63, 3.8) is 0 Å². The molecule has 14 heavy (non-hydrogen) atoms. The average Bonchev–Trinajstić information content (AvgIpc) is 1.99. The van der Waals surface area contributed by atoms with Crippen LogP contribution in [0.2, 0.25) is 0 Å². The minimum absolute atomic E-state index is 0.0278. The fraction of sp³-hybridized carbons (Fsp3) is 1.00. The number of piperidine rings is 1. The third kappa shape index (κ3) is 1.48. The molecule has 1 rings (SSSR count). The summed E-state index contributed by atoms with van der Waals surface area (Å²) >= 11 is 6.43. The first kappa shape index (κ1) is 12.3. The Morgan fingerprint density at radius 3 is 2.00 bits per heavy atom. The third-order valence-corrected chi connectivity index (χ3v) is 5.13. The lowest BCUT2D eigenvalue weighted by Gasteiger charge is -2.59. The summed E-state index contributed by atoms with van der Waals surface area (Å²) in [6.07, 6.45) is 0.937. The van der Waals surface area contributed by atoms with Gasteiger partial charge < -0.3 is 5.73 Å². The van der Waals surface area contributed by atoms with Crippen LogP contribution in [0, 0.1) is 5.41 Å². The van der Waals surface area contributed by atoms with E-state index in [0.29, 0.717) is 0 Å². The SMILES string of the molecule is CC1(C)CC(N)C(C)(C)C(C)(C)N1Cl. The lowest BCUT2D eigenvalue weighted by Crippen LogP contribution is -2.68. The number of nitrogens with two attached hydrogens (primary N) is 1. The lowest BCUT2D eigenvalue weighted by atomic mass is 9.62. The molecule has 0 spiro atoms. The molecule has 3 heteroatoms. The highest BCUT2D eigenvalue weighted by molar-refractivity contribution is 6.14. The molecule has 1 saturated heterocycles. The fourth-order valence-corrected chi connectivity index (χ4v) is 2.62. The molecule has 1 aliphatic heterocycles. The Morgan fingerprint density at radius 1 is 1.14 bits per heavy atom. The summed E-state index contributed by atoms with van der Waals surface area (Å²) in [7, 11) is 0. The van der Waals surface area contributed by atoms with Gasteiger partial charge in [0, 0.05) is 17.1 Å². The Labute approximate surface area is 92.9 Å². The molecule has 1 aliphatic rings. The predicted octanol–water partition coefficient (Wildman–Crippen LogP) is 2.76. The summed E-state index contributed by atoms with van der Waals surface area (Å²) < 4.78 is 1.95. The van der Waals surface area contributed by atoms with Crippen molar-refractivity contribution >= 4 is 11.8 Å². The second-order valence-corrected chi connectivity index (χ2v) is 6.52. The van der Waals surface area contributed by atoms with Crippen LogP contribution >= 0.6 is 11.8 Å². The van der Waals surface area contributed by atoms with E-state index in [9.17, 15) is 0 Å². The summed E-state index contributed by atoms with van der Waals surface area (Å²) in [6.45, 7) is 13.0. The Morgan fingerprint density at radius 2 is 1.57 bits per heavy atom. The number of hydrogen-bond donors (Lipinski definition) is 1. The second-order valence-electron chi connectivity index (χ2n) is 6.18. The van der Waals surface area contributed by atoms with Crippen molar-refractivity contribution in [2.45, 2.75) is 65.1 Å². The molecule has 1 fully saturated rings. The van der Waals surface area contributed by atoms with Crippen molar-refractivity contribution in [3.05, 3.63) is 0 Å². The predicted molar refractivity (Wildman–Crippen MR) is 62.2 cm³/mol. The Kier molecular flexibility index (Phi) is 2.72. The van der Waals surface area contributed by atoms with E-state index in [1.54, 1.807) is 0 Å². The Hall–Kier alpha value is 0.210. The van der Waals surface area contributed by atoms with Gasteiger partial charge in [-0.25, -0.2) is 4.42 Å². The van der Waals surface area contributed by atoms with Gasteiger partial charge in [-0.1, -0.05) is 13.8 Å². The fourth-order valence-electron chi connectivity index (χ4n) is 2.34. The van der Waals surface area contributed by atoms with Crippen molar-refractivity contribution < 1.29 is 0 Å². The maximum atomic E-state index is 6.43. The molecule has 2 N–H and O–H groups in total. The minimum atomic E-state index is -0.0876. The van der Waals surface area contributed by atoms with Crippen molar-refractivity contribution in [2.24, 2.45) is 11.1 Å². The summed E-state index contributed by atoms with van der Waals surface area (Å²) in [6, 6.07) is 0.197. The van der Waals surface area contributed by atoms with Crippen LogP contribution in [0.25, 0.3) is 0 Å². The van der Waals surface area contributed by atoms with Gasteiger partial charge in [-0.3, -0.25) is 0 Å². The van der Waals surface area contributed by atoms with Crippen LogP contribution in [-0.4, -0.2) is 21.5 Å². The van der Waals surface area contributed by atoms with E-state index in [2.05, 4.69) is 41.5 Å². The normalized spacial score (nSPS) is 35.6. The van der Waals surface area contributed by atoms with Crippen LogP contribution in [0.5, 0.6) is 0 Å². The van der Waals surface area contributed by atoms with Crippen molar-refractivity contribution in [1.82, 2.24) is 4.42 Å². The molecule has 1 heterocycles. The largest absolute Gasteiger partial charge is 0.327 e. The Balaban J connectivity index is 3.12. The van der Waals surface area contributed by atoms with Crippen LogP contribution < -0.4 is 5.73 Å². The highest BCUT2D eigenvalue weighted by atomic mass is 35.5. The van der Waals surface area contributed by atoms with Gasteiger partial charge in [0.1, 0.15) is 0 Å². The molecule has 0 aromatic carbocycles. The topological polar surface area (TPSA) is 29.3 Å². The quantitative estimate of drug-likeness (QED) is 0.634. The molecular formula is C11H23ClN2. The van der Waals surface area contributed by atoms with Crippen LogP contribution in [0.15, 0.2) is 0 Å². The van der Waals surface area contributed by atoms with E-state index < -0.39 is 0 Å². The summed E-state index contributed by atoms with van der Waals surface area (Å²) in [5, 5.41) is 0. The molecule has 0 bridgehead atoms. The molecule has 0 amide bonds. The standard InChI is InChI=1S/C11H23ClN2/c1-9(2)7-8(13)10(3,4)11(5,6)14(9)12/h8H,7,13H2,1-6H3. The number of halogens is 1. The first-order valence-electron chi connectivity index (χ1n) is 5.25. The second kappa shape index (κ2) is 3.10. The van der Waals surface area contributed by atoms with Crippen LogP contribution in [0.4, 0.5) is 0 Å². The molecule has 1 unspecified atom stereocenters. The molecule has 0 radical (unpaired) electrons. The molecule has 0 aromatic heterocycles. The molecule has 2 nitrogen and oxygen atoms in total. The van der Waals surface area contributed by atoms with Gasteiger partial charge in [0.2, 0.25) is 0 Å². The highest BCUT2D eigenvalue weighted by Crippen LogP contribution is 2.49. The van der Waals surface area contributed by atoms with Crippen LogP contribution in [0.1, 0.15) is 48.0 Å². The van der Waals surface area contributed by atoms with Crippen molar-refractivity contribution in [1.29, 1.82) is 0 Å². The molecule has 0 aromatic rings. The van der Waals surface area contributed by atoms with Crippen molar-refractivity contribution in [2.75, 3.05) is 0 Å². The molecule has 1 atom stereocenters. The molecule has 84 valence electrons. The minimum Gasteiger partial charge on any atom is -0.327 e. The monoisotopic (exact) mass is 218 g/mol. The van der Waals surface area contributed by atoms with Crippen LogP contribution in [0.3, 0.4) is 0 Å². The average molecular weight is 219 g/mol. The van der Waals surface area contributed by atoms with E-state index in [1.165, 1.54) is 0 Å². The number of rotatable bonds is 0. The third-order valence-electron chi connectivity index (χ3n) is 4.25. The van der Waals surface area contributed by atoms with Crippen molar-refractivity contribution in [3.8, 4) is 0 Å². The summed E-state index contributed by atoms with van der Waals surface area (Å²) in [5.74, 6) is 0.